The van der Waals surface area contributed by atoms with Crippen LogP contribution in [0.15, 0.2) is 30.6 Å². The fourth-order valence-electron chi connectivity index (χ4n) is 1.38. The summed E-state index contributed by atoms with van der Waals surface area (Å²) in [6.07, 6.45) is 1.58. The summed E-state index contributed by atoms with van der Waals surface area (Å²) >= 11 is 5.75. The highest BCUT2D eigenvalue weighted by atomic mass is 35.5. The Hall–Kier alpha value is -2.08. The first-order valence-corrected chi connectivity index (χ1v) is 6.01. The van der Waals surface area contributed by atoms with Crippen LogP contribution in [-0.2, 0) is 18.4 Å². The van der Waals surface area contributed by atoms with Crippen molar-refractivity contribution < 1.29 is 9.53 Å². The Kier molecular flexibility index (Phi) is 4.35. The summed E-state index contributed by atoms with van der Waals surface area (Å²) in [5.74, 6) is 1.05. The van der Waals surface area contributed by atoms with E-state index in [1.807, 2.05) is 7.05 Å². The minimum absolute atomic E-state index is 0.0561. The number of benzene rings is 1. The third-order valence-electron chi connectivity index (χ3n) is 2.43. The van der Waals surface area contributed by atoms with Crippen LogP contribution in [0.1, 0.15) is 5.82 Å². The summed E-state index contributed by atoms with van der Waals surface area (Å²) < 4.78 is 7.05. The monoisotopic (exact) mass is 280 g/mol. The van der Waals surface area contributed by atoms with E-state index in [0.717, 1.165) is 0 Å². The molecule has 0 bridgehead atoms. The van der Waals surface area contributed by atoms with Crippen LogP contribution in [0, 0.1) is 0 Å². The maximum absolute atomic E-state index is 11.6. The third-order valence-corrected chi connectivity index (χ3v) is 2.68. The molecule has 0 unspecified atom stereocenters. The van der Waals surface area contributed by atoms with Gasteiger partial charge >= 0.3 is 0 Å². The Bertz CT molecular complexity index is 553. The molecule has 0 spiro atoms. The minimum atomic E-state index is -0.224. The standard InChI is InChI=1S/C12H13ClN4O2/c1-17-8-15-16-11(17)6-14-12(18)7-19-10-4-2-9(13)3-5-10/h2-5,8H,6-7H2,1H3,(H,14,18). The summed E-state index contributed by atoms with van der Waals surface area (Å²) in [6.45, 7) is 0.263. The van der Waals surface area contributed by atoms with Gasteiger partial charge in [-0.15, -0.1) is 10.2 Å². The molecule has 0 atom stereocenters. The Labute approximate surface area is 115 Å². The van der Waals surface area contributed by atoms with Crippen molar-refractivity contribution in [1.82, 2.24) is 20.1 Å². The van der Waals surface area contributed by atoms with Crippen molar-refractivity contribution >= 4 is 17.5 Å². The Morgan fingerprint density at radius 3 is 2.79 bits per heavy atom. The number of hydrogen-bond acceptors (Lipinski definition) is 4. The maximum atomic E-state index is 11.6. The van der Waals surface area contributed by atoms with Gasteiger partial charge in [-0.1, -0.05) is 11.6 Å². The predicted octanol–water partition coefficient (Wildman–Crippen LogP) is 1.16. The van der Waals surface area contributed by atoms with Gasteiger partial charge in [-0.3, -0.25) is 4.79 Å². The van der Waals surface area contributed by atoms with Crippen molar-refractivity contribution in [3.8, 4) is 5.75 Å². The van der Waals surface area contributed by atoms with Gasteiger partial charge in [0.25, 0.3) is 5.91 Å². The molecule has 19 heavy (non-hydrogen) atoms. The summed E-state index contributed by atoms with van der Waals surface area (Å²) in [5.41, 5.74) is 0. The molecule has 0 saturated heterocycles. The van der Waals surface area contributed by atoms with Gasteiger partial charge < -0.3 is 14.6 Å². The molecule has 1 aromatic heterocycles. The molecule has 100 valence electrons. The molecule has 1 heterocycles. The zero-order valence-corrected chi connectivity index (χ0v) is 11.1. The number of hydrogen-bond donors (Lipinski definition) is 1. The Morgan fingerprint density at radius 2 is 2.16 bits per heavy atom. The smallest absolute Gasteiger partial charge is 0.258 e. The van der Waals surface area contributed by atoms with E-state index in [9.17, 15) is 4.79 Å². The molecule has 1 amide bonds. The number of carbonyl (C=O) groups is 1. The first-order chi connectivity index (χ1) is 9.15. The lowest BCUT2D eigenvalue weighted by atomic mass is 10.3. The van der Waals surface area contributed by atoms with Crippen LogP contribution in [0.2, 0.25) is 5.02 Å². The molecule has 1 N–H and O–H groups in total. The lowest BCUT2D eigenvalue weighted by Gasteiger charge is -2.07. The molecule has 0 aliphatic carbocycles. The topological polar surface area (TPSA) is 69.0 Å². The highest BCUT2D eigenvalue weighted by Gasteiger charge is 2.05. The second-order valence-corrected chi connectivity index (χ2v) is 4.31. The van der Waals surface area contributed by atoms with E-state index in [-0.39, 0.29) is 12.5 Å². The number of nitrogens with zero attached hydrogens (tertiary/aromatic N) is 3. The highest BCUT2D eigenvalue weighted by molar-refractivity contribution is 6.30. The number of aryl methyl sites for hydroxylation is 1. The molecule has 7 heteroatoms. The normalized spacial score (nSPS) is 10.2. The van der Waals surface area contributed by atoms with Gasteiger partial charge in [0.15, 0.2) is 12.4 Å². The van der Waals surface area contributed by atoms with E-state index in [1.165, 1.54) is 0 Å². The van der Waals surface area contributed by atoms with Gasteiger partial charge in [-0.2, -0.15) is 0 Å². The summed E-state index contributed by atoms with van der Waals surface area (Å²) in [4.78, 5) is 11.6. The Balaban J connectivity index is 1.76. The molecular formula is C12H13ClN4O2. The van der Waals surface area contributed by atoms with Gasteiger partial charge in [0, 0.05) is 12.1 Å². The minimum Gasteiger partial charge on any atom is -0.484 e. The largest absolute Gasteiger partial charge is 0.484 e. The molecule has 2 aromatic rings. The van der Waals surface area contributed by atoms with Crippen molar-refractivity contribution in [2.24, 2.45) is 7.05 Å². The van der Waals surface area contributed by atoms with Crippen LogP contribution in [0.5, 0.6) is 5.75 Å². The van der Waals surface area contributed by atoms with Gasteiger partial charge in [0.05, 0.1) is 6.54 Å². The van der Waals surface area contributed by atoms with Crippen molar-refractivity contribution in [3.63, 3.8) is 0 Å². The third kappa shape index (κ3) is 3.96. The van der Waals surface area contributed by atoms with Crippen LogP contribution in [-0.4, -0.2) is 27.3 Å². The number of ether oxygens (including phenoxy) is 1. The molecule has 0 radical (unpaired) electrons. The zero-order chi connectivity index (χ0) is 13.7. The van der Waals surface area contributed by atoms with Crippen molar-refractivity contribution in [1.29, 1.82) is 0 Å². The first kappa shape index (κ1) is 13.4. The molecule has 0 saturated carbocycles. The molecule has 0 fully saturated rings. The summed E-state index contributed by atoms with van der Waals surface area (Å²) in [5, 5.41) is 10.9. The summed E-state index contributed by atoms with van der Waals surface area (Å²) in [6, 6.07) is 6.82. The van der Waals surface area contributed by atoms with E-state index >= 15 is 0 Å². The van der Waals surface area contributed by atoms with E-state index in [1.54, 1.807) is 35.2 Å². The second-order valence-electron chi connectivity index (χ2n) is 3.88. The van der Waals surface area contributed by atoms with Gasteiger partial charge in [-0.05, 0) is 24.3 Å². The van der Waals surface area contributed by atoms with Crippen LogP contribution in [0.25, 0.3) is 0 Å². The quantitative estimate of drug-likeness (QED) is 0.892. The molecule has 0 aliphatic rings. The number of carbonyl (C=O) groups excluding carboxylic acids is 1. The van der Waals surface area contributed by atoms with Gasteiger partial charge in [0.2, 0.25) is 0 Å². The maximum Gasteiger partial charge on any atom is 0.258 e. The van der Waals surface area contributed by atoms with E-state index in [4.69, 9.17) is 16.3 Å². The van der Waals surface area contributed by atoms with Gasteiger partial charge in [-0.25, -0.2) is 0 Å². The molecule has 0 aliphatic heterocycles. The molecular weight excluding hydrogens is 268 g/mol. The van der Waals surface area contributed by atoms with E-state index in [2.05, 4.69) is 15.5 Å². The number of aromatic nitrogens is 3. The van der Waals surface area contributed by atoms with Crippen LogP contribution in [0.4, 0.5) is 0 Å². The van der Waals surface area contributed by atoms with Crippen LogP contribution < -0.4 is 10.1 Å². The van der Waals surface area contributed by atoms with Gasteiger partial charge in [0.1, 0.15) is 12.1 Å². The average Bonchev–Trinajstić information content (AvgIpc) is 2.81. The lowest BCUT2D eigenvalue weighted by molar-refractivity contribution is -0.123. The van der Waals surface area contributed by atoms with Crippen molar-refractivity contribution in [3.05, 3.63) is 41.4 Å². The number of halogens is 1. The van der Waals surface area contributed by atoms with Crippen molar-refractivity contribution in [2.45, 2.75) is 6.54 Å². The lowest BCUT2D eigenvalue weighted by Crippen LogP contribution is -2.29. The predicted molar refractivity (Wildman–Crippen MR) is 69.8 cm³/mol. The van der Waals surface area contributed by atoms with Crippen LogP contribution in [0.3, 0.4) is 0 Å². The number of amides is 1. The number of nitrogens with one attached hydrogen (secondary N) is 1. The fraction of sp³-hybridized carbons (Fsp3) is 0.250. The van der Waals surface area contributed by atoms with E-state index < -0.39 is 0 Å². The highest BCUT2D eigenvalue weighted by Crippen LogP contribution is 2.15. The molecule has 1 aromatic carbocycles. The average molecular weight is 281 g/mol. The first-order valence-electron chi connectivity index (χ1n) is 5.63. The van der Waals surface area contributed by atoms with E-state index in [0.29, 0.717) is 23.1 Å². The Morgan fingerprint density at radius 1 is 1.42 bits per heavy atom. The fourth-order valence-corrected chi connectivity index (χ4v) is 1.50. The summed E-state index contributed by atoms with van der Waals surface area (Å²) in [7, 11) is 1.81. The zero-order valence-electron chi connectivity index (χ0n) is 10.3. The number of rotatable bonds is 5. The molecule has 2 rings (SSSR count). The van der Waals surface area contributed by atoms with Crippen LogP contribution >= 0.6 is 11.6 Å². The SMILES string of the molecule is Cn1cnnc1CNC(=O)COc1ccc(Cl)cc1. The van der Waals surface area contributed by atoms with Crippen molar-refractivity contribution in [2.75, 3.05) is 6.61 Å². The molecule has 6 nitrogen and oxygen atoms in total. The second kappa shape index (κ2) is 6.19.